The normalized spacial score (nSPS) is 11.4. The van der Waals surface area contributed by atoms with Gasteiger partial charge in [-0.25, -0.2) is 16.8 Å². The number of rotatable bonds is 11. The summed E-state index contributed by atoms with van der Waals surface area (Å²) in [5.74, 6) is -0.133. The average Bonchev–Trinajstić information content (AvgIpc) is 2.97. The van der Waals surface area contributed by atoms with Gasteiger partial charge in [0.1, 0.15) is 6.54 Å². The molecule has 0 fully saturated rings. The minimum Gasteiger partial charge on any atom is -0.493 e. The molecule has 0 aliphatic heterocycles. The van der Waals surface area contributed by atoms with Gasteiger partial charge in [0.15, 0.2) is 11.5 Å². The van der Waals surface area contributed by atoms with Gasteiger partial charge in [0.2, 0.25) is 5.91 Å². The molecule has 220 valence electrons. The van der Waals surface area contributed by atoms with Crippen LogP contribution in [0.25, 0.3) is 0 Å². The van der Waals surface area contributed by atoms with Crippen LogP contribution in [-0.4, -0.2) is 43.5 Å². The van der Waals surface area contributed by atoms with Crippen molar-refractivity contribution >= 4 is 70.5 Å². The monoisotopic (exact) mass is 693 g/mol. The Hall–Kier alpha value is -3.78. The summed E-state index contributed by atoms with van der Waals surface area (Å²) in [6.45, 7) is -0.594. The van der Waals surface area contributed by atoms with Gasteiger partial charge >= 0.3 is 0 Å². The maximum absolute atomic E-state index is 13.7. The molecular formula is C28H25BrClN3O7S2. The Kier molecular flexibility index (Phi) is 9.67. The summed E-state index contributed by atoms with van der Waals surface area (Å²) in [6.07, 6.45) is 0. The molecule has 0 heterocycles. The average molecular weight is 695 g/mol. The van der Waals surface area contributed by atoms with Crippen LogP contribution in [0.3, 0.4) is 0 Å². The van der Waals surface area contributed by atoms with Crippen molar-refractivity contribution in [2.45, 2.75) is 9.79 Å². The zero-order chi connectivity index (χ0) is 30.5. The summed E-state index contributed by atoms with van der Waals surface area (Å²) < 4.78 is 67.7. The Morgan fingerprint density at radius 1 is 0.786 bits per heavy atom. The van der Waals surface area contributed by atoms with Gasteiger partial charge in [-0.1, -0.05) is 27.5 Å². The first-order chi connectivity index (χ1) is 19.9. The van der Waals surface area contributed by atoms with E-state index in [0.29, 0.717) is 16.5 Å². The number of nitrogens with one attached hydrogen (secondary N) is 2. The smallest absolute Gasteiger partial charge is 0.264 e. The lowest BCUT2D eigenvalue weighted by Gasteiger charge is -2.24. The van der Waals surface area contributed by atoms with Crippen molar-refractivity contribution < 1.29 is 31.1 Å². The van der Waals surface area contributed by atoms with E-state index in [4.69, 9.17) is 21.1 Å². The van der Waals surface area contributed by atoms with Crippen molar-refractivity contribution in [3.8, 4) is 11.5 Å². The fourth-order valence-electron chi connectivity index (χ4n) is 3.81. The third-order valence-electron chi connectivity index (χ3n) is 5.89. The van der Waals surface area contributed by atoms with Crippen LogP contribution in [0.15, 0.2) is 105 Å². The number of carbonyl (C=O) groups excluding carboxylic acids is 1. The largest absolute Gasteiger partial charge is 0.493 e. The van der Waals surface area contributed by atoms with E-state index in [1.165, 1.54) is 80.9 Å². The van der Waals surface area contributed by atoms with Crippen LogP contribution >= 0.6 is 27.5 Å². The number of sulfonamides is 2. The second-order valence-electron chi connectivity index (χ2n) is 8.69. The van der Waals surface area contributed by atoms with Crippen LogP contribution in [-0.2, 0) is 24.8 Å². The van der Waals surface area contributed by atoms with Crippen molar-refractivity contribution in [2.75, 3.05) is 35.1 Å². The van der Waals surface area contributed by atoms with E-state index in [1.807, 2.05) is 0 Å². The van der Waals surface area contributed by atoms with Gasteiger partial charge in [0, 0.05) is 26.9 Å². The highest BCUT2D eigenvalue weighted by molar-refractivity contribution is 9.10. The molecule has 1 amide bonds. The number of hydrogen-bond acceptors (Lipinski definition) is 7. The number of methoxy groups -OCH3 is 2. The maximum atomic E-state index is 13.7. The fourth-order valence-corrected chi connectivity index (χ4v) is 6.69. The zero-order valence-corrected chi connectivity index (χ0v) is 26.2. The predicted octanol–water partition coefficient (Wildman–Crippen LogP) is 5.75. The standard InChI is InChI=1S/C28H25BrClN3O7S2/c1-39-26-16-15-25(17-27(26)40-2)42(37,38)33(23-11-5-20(30)6-12-23)18-28(34)31-21-9-13-24(14-10-21)41(35,36)32-22-7-3-19(29)4-8-22/h3-17,32H,18H2,1-2H3,(H,31,34). The Labute approximate surface area is 257 Å². The SMILES string of the molecule is COc1ccc(S(=O)(=O)N(CC(=O)Nc2ccc(S(=O)(=O)Nc3ccc(Br)cc3)cc2)c2ccc(Cl)cc2)cc1OC. The first kappa shape index (κ1) is 31.2. The summed E-state index contributed by atoms with van der Waals surface area (Å²) >= 11 is 9.30. The molecule has 0 saturated carbocycles. The molecule has 2 N–H and O–H groups in total. The van der Waals surface area contributed by atoms with Crippen LogP contribution in [0.1, 0.15) is 0 Å². The number of halogens is 2. The second kappa shape index (κ2) is 13.0. The van der Waals surface area contributed by atoms with E-state index in [0.717, 1.165) is 8.78 Å². The molecule has 10 nitrogen and oxygen atoms in total. The third-order valence-corrected chi connectivity index (χ3v) is 9.84. The number of amides is 1. The number of ether oxygens (including phenoxy) is 2. The van der Waals surface area contributed by atoms with Gasteiger partial charge in [-0.2, -0.15) is 0 Å². The Morgan fingerprint density at radius 3 is 1.95 bits per heavy atom. The summed E-state index contributed by atoms with van der Waals surface area (Å²) in [5.41, 5.74) is 0.848. The fraction of sp³-hybridized carbons (Fsp3) is 0.107. The van der Waals surface area contributed by atoms with E-state index in [-0.39, 0.29) is 26.9 Å². The van der Waals surface area contributed by atoms with E-state index in [2.05, 4.69) is 26.0 Å². The molecule has 0 saturated heterocycles. The lowest BCUT2D eigenvalue weighted by Crippen LogP contribution is -2.38. The van der Waals surface area contributed by atoms with Crippen LogP contribution in [0.4, 0.5) is 17.1 Å². The van der Waals surface area contributed by atoms with Gasteiger partial charge in [-0.3, -0.25) is 13.8 Å². The van der Waals surface area contributed by atoms with Crippen molar-refractivity contribution in [1.29, 1.82) is 0 Å². The Bertz CT molecular complexity index is 1790. The third kappa shape index (κ3) is 7.34. The lowest BCUT2D eigenvalue weighted by molar-refractivity contribution is -0.114. The molecule has 0 aliphatic carbocycles. The summed E-state index contributed by atoms with van der Waals surface area (Å²) in [7, 11) is -5.34. The van der Waals surface area contributed by atoms with E-state index in [1.54, 1.807) is 24.3 Å². The number of carbonyl (C=O) groups is 1. The molecule has 0 radical (unpaired) electrons. The molecule has 0 spiro atoms. The van der Waals surface area contributed by atoms with Gasteiger partial charge in [0.25, 0.3) is 20.0 Å². The van der Waals surface area contributed by atoms with Gasteiger partial charge < -0.3 is 14.8 Å². The van der Waals surface area contributed by atoms with Crippen LogP contribution < -0.4 is 23.8 Å². The molecule has 0 unspecified atom stereocenters. The molecular weight excluding hydrogens is 670 g/mol. The zero-order valence-electron chi connectivity index (χ0n) is 22.2. The van der Waals surface area contributed by atoms with E-state index < -0.39 is 32.5 Å². The van der Waals surface area contributed by atoms with Crippen molar-refractivity contribution in [1.82, 2.24) is 0 Å². The molecule has 4 rings (SSSR count). The lowest BCUT2D eigenvalue weighted by atomic mass is 10.3. The summed E-state index contributed by atoms with van der Waals surface area (Å²) in [6, 6.07) is 22.2. The van der Waals surface area contributed by atoms with Crippen LogP contribution in [0, 0.1) is 0 Å². The first-order valence-corrected chi connectivity index (χ1v) is 16.2. The number of hydrogen-bond donors (Lipinski definition) is 2. The van der Waals surface area contributed by atoms with Gasteiger partial charge in [0.05, 0.1) is 29.7 Å². The van der Waals surface area contributed by atoms with Crippen molar-refractivity contribution in [3.05, 3.63) is 100 Å². The van der Waals surface area contributed by atoms with Crippen molar-refractivity contribution in [2.24, 2.45) is 0 Å². The van der Waals surface area contributed by atoms with E-state index in [9.17, 15) is 21.6 Å². The highest BCUT2D eigenvalue weighted by atomic mass is 79.9. The highest BCUT2D eigenvalue weighted by Gasteiger charge is 2.28. The van der Waals surface area contributed by atoms with Crippen LogP contribution in [0.2, 0.25) is 5.02 Å². The Morgan fingerprint density at radius 2 is 1.36 bits per heavy atom. The molecule has 4 aromatic carbocycles. The second-order valence-corrected chi connectivity index (χ2v) is 13.6. The molecule has 14 heteroatoms. The van der Waals surface area contributed by atoms with Gasteiger partial charge in [-0.15, -0.1) is 0 Å². The predicted molar refractivity (Wildman–Crippen MR) is 166 cm³/mol. The number of benzene rings is 4. The minimum absolute atomic E-state index is 0.0257. The molecule has 42 heavy (non-hydrogen) atoms. The molecule has 0 aromatic heterocycles. The van der Waals surface area contributed by atoms with Gasteiger partial charge in [-0.05, 0) is 84.9 Å². The molecule has 0 atom stereocenters. The number of nitrogens with zero attached hydrogens (tertiary/aromatic N) is 1. The van der Waals surface area contributed by atoms with Crippen LogP contribution in [0.5, 0.6) is 11.5 Å². The summed E-state index contributed by atoms with van der Waals surface area (Å²) in [5, 5.41) is 3.00. The highest BCUT2D eigenvalue weighted by Crippen LogP contribution is 2.32. The topological polar surface area (TPSA) is 131 Å². The van der Waals surface area contributed by atoms with Crippen molar-refractivity contribution in [3.63, 3.8) is 0 Å². The Balaban J connectivity index is 1.55. The van der Waals surface area contributed by atoms with E-state index >= 15 is 0 Å². The molecule has 4 aromatic rings. The quantitative estimate of drug-likeness (QED) is 0.204. The first-order valence-electron chi connectivity index (χ1n) is 12.1. The summed E-state index contributed by atoms with van der Waals surface area (Å²) in [4.78, 5) is 12.9. The maximum Gasteiger partial charge on any atom is 0.264 e. The minimum atomic E-state index is -4.27. The number of anilines is 3. The molecule has 0 aliphatic rings. The molecule has 0 bridgehead atoms.